The minimum atomic E-state index is 0. The first-order valence-electron chi connectivity index (χ1n) is 2.91. The van der Waals surface area contributed by atoms with Crippen molar-refractivity contribution in [3.05, 3.63) is 0 Å². The van der Waals surface area contributed by atoms with E-state index in [0.717, 1.165) is 11.8 Å². The van der Waals surface area contributed by atoms with Crippen LogP contribution in [-0.4, -0.2) is 5.88 Å². The molecular formula is C6H14Cl2. The molecule has 0 aromatic carbocycles. The van der Waals surface area contributed by atoms with Crippen LogP contribution < -0.4 is 0 Å². The van der Waals surface area contributed by atoms with Gasteiger partial charge < -0.3 is 0 Å². The van der Waals surface area contributed by atoms with E-state index in [1.54, 1.807) is 0 Å². The van der Waals surface area contributed by atoms with Crippen LogP contribution in [0.5, 0.6) is 0 Å². The topological polar surface area (TPSA) is 0 Å². The minimum Gasteiger partial charge on any atom is -0.147 e. The van der Waals surface area contributed by atoms with Crippen molar-refractivity contribution in [1.82, 2.24) is 0 Å². The summed E-state index contributed by atoms with van der Waals surface area (Å²) in [5.41, 5.74) is 0. The highest BCUT2D eigenvalue weighted by Gasteiger charge is 1.97. The molecule has 0 bridgehead atoms. The molecule has 0 fully saturated rings. The molecule has 8 heavy (non-hydrogen) atoms. The molecule has 0 aliphatic carbocycles. The normalized spacial score (nSPS) is 9.00. The molecule has 0 saturated heterocycles. The first kappa shape index (κ1) is 11.4. The molecule has 0 aromatic rings. The van der Waals surface area contributed by atoms with Crippen molar-refractivity contribution >= 4 is 24.0 Å². The Bertz CT molecular complexity index is 28.0. The van der Waals surface area contributed by atoms with Crippen molar-refractivity contribution in [2.45, 2.75) is 26.7 Å². The third-order valence-corrected chi connectivity index (χ3v) is 1.81. The fourth-order valence-corrected chi connectivity index (χ4v) is 0.943. The number of alkyl halides is 1. The van der Waals surface area contributed by atoms with Crippen LogP contribution in [0.3, 0.4) is 0 Å². The third-order valence-electron chi connectivity index (χ3n) is 1.37. The van der Waals surface area contributed by atoms with E-state index in [2.05, 4.69) is 13.8 Å². The fraction of sp³-hybridized carbons (Fsp3) is 1.00. The second-order valence-corrected chi connectivity index (χ2v) is 2.15. The second-order valence-electron chi connectivity index (χ2n) is 1.84. The Hall–Kier alpha value is 0.580. The molecule has 0 rings (SSSR count). The number of rotatable bonds is 3. The third kappa shape index (κ3) is 4.73. The van der Waals surface area contributed by atoms with Crippen molar-refractivity contribution in [1.29, 1.82) is 0 Å². The summed E-state index contributed by atoms with van der Waals surface area (Å²) in [6.07, 6.45) is 2.44. The van der Waals surface area contributed by atoms with Gasteiger partial charge in [0.15, 0.2) is 0 Å². The Labute approximate surface area is 63.0 Å². The highest BCUT2D eigenvalue weighted by Crippen LogP contribution is 2.07. The van der Waals surface area contributed by atoms with Gasteiger partial charge in [-0.25, -0.2) is 0 Å². The molecule has 0 atom stereocenters. The first-order valence-corrected chi connectivity index (χ1v) is 3.44. The lowest BCUT2D eigenvalue weighted by Gasteiger charge is -2.03. The van der Waals surface area contributed by atoms with Crippen molar-refractivity contribution in [2.75, 3.05) is 5.88 Å². The molecule has 0 N–H and O–H groups in total. The van der Waals surface area contributed by atoms with Crippen molar-refractivity contribution in [3.63, 3.8) is 0 Å². The predicted molar refractivity (Wildman–Crippen MR) is 42.0 cm³/mol. The molecule has 0 nitrogen and oxygen atoms in total. The summed E-state index contributed by atoms with van der Waals surface area (Å²) in [5.74, 6) is 1.58. The highest BCUT2D eigenvalue weighted by molar-refractivity contribution is 6.18. The zero-order valence-electron chi connectivity index (χ0n) is 5.48. The highest BCUT2D eigenvalue weighted by atomic mass is 35.5. The van der Waals surface area contributed by atoms with E-state index >= 15 is 0 Å². The van der Waals surface area contributed by atoms with Gasteiger partial charge in [0.1, 0.15) is 0 Å². The van der Waals surface area contributed by atoms with Crippen LogP contribution in [0.2, 0.25) is 0 Å². The van der Waals surface area contributed by atoms with Gasteiger partial charge in [0.25, 0.3) is 0 Å². The average molecular weight is 157 g/mol. The summed E-state index contributed by atoms with van der Waals surface area (Å²) in [6.45, 7) is 4.35. The summed E-state index contributed by atoms with van der Waals surface area (Å²) < 4.78 is 0. The molecule has 0 amide bonds. The van der Waals surface area contributed by atoms with Crippen molar-refractivity contribution in [2.24, 2.45) is 5.92 Å². The van der Waals surface area contributed by atoms with Crippen molar-refractivity contribution in [3.8, 4) is 0 Å². The zero-order chi connectivity index (χ0) is 5.70. The average Bonchev–Trinajstić information content (AvgIpc) is 1.72. The van der Waals surface area contributed by atoms with Crippen LogP contribution >= 0.6 is 24.0 Å². The molecule has 0 heterocycles. The van der Waals surface area contributed by atoms with Gasteiger partial charge in [-0.15, -0.1) is 24.0 Å². The smallest absolute Gasteiger partial charge is 0.0251 e. The molecule has 0 radical (unpaired) electrons. The quantitative estimate of drug-likeness (QED) is 0.552. The molecule has 0 unspecified atom stereocenters. The largest absolute Gasteiger partial charge is 0.147 e. The van der Waals surface area contributed by atoms with Gasteiger partial charge >= 0.3 is 0 Å². The Kier molecular flexibility index (Phi) is 10.8. The predicted octanol–water partition coefficient (Wildman–Crippen LogP) is 3.08. The Morgan fingerprint density at radius 3 is 1.62 bits per heavy atom. The summed E-state index contributed by atoms with van der Waals surface area (Å²) in [7, 11) is 0. The van der Waals surface area contributed by atoms with Gasteiger partial charge in [0.2, 0.25) is 0 Å². The summed E-state index contributed by atoms with van der Waals surface area (Å²) in [4.78, 5) is 0. The number of halogens is 2. The maximum absolute atomic E-state index is 5.57. The molecular weight excluding hydrogens is 143 g/mol. The summed E-state index contributed by atoms with van der Waals surface area (Å²) in [6, 6.07) is 0. The molecule has 0 aliphatic rings. The van der Waals surface area contributed by atoms with Crippen LogP contribution in [-0.2, 0) is 0 Å². The van der Waals surface area contributed by atoms with E-state index in [0.29, 0.717) is 0 Å². The van der Waals surface area contributed by atoms with E-state index in [1.807, 2.05) is 0 Å². The zero-order valence-corrected chi connectivity index (χ0v) is 7.06. The fourth-order valence-electron chi connectivity index (χ4n) is 0.507. The van der Waals surface area contributed by atoms with Crippen LogP contribution in [0.1, 0.15) is 26.7 Å². The monoisotopic (exact) mass is 156 g/mol. The Morgan fingerprint density at radius 2 is 1.62 bits per heavy atom. The van der Waals surface area contributed by atoms with Crippen LogP contribution in [0.4, 0.5) is 0 Å². The Balaban J connectivity index is 0. The molecule has 0 spiro atoms. The number of hydrogen-bond acceptors (Lipinski definition) is 0. The Morgan fingerprint density at radius 1 is 1.25 bits per heavy atom. The van der Waals surface area contributed by atoms with E-state index in [9.17, 15) is 0 Å². The molecule has 0 saturated carbocycles. The first-order chi connectivity index (χ1) is 3.35. The van der Waals surface area contributed by atoms with Gasteiger partial charge in [0.05, 0.1) is 0 Å². The maximum atomic E-state index is 5.57. The van der Waals surface area contributed by atoms with Gasteiger partial charge in [0, 0.05) is 5.88 Å². The van der Waals surface area contributed by atoms with E-state index in [-0.39, 0.29) is 12.4 Å². The molecule has 0 aliphatic heterocycles. The number of hydrogen-bond donors (Lipinski definition) is 0. The standard InChI is InChI=1S/C6H13Cl.ClH/c1-3-6(4-2)5-7;/h6H,3-5H2,1-2H3;1H. The van der Waals surface area contributed by atoms with E-state index in [1.165, 1.54) is 12.8 Å². The van der Waals surface area contributed by atoms with Crippen LogP contribution in [0, 0.1) is 5.92 Å². The van der Waals surface area contributed by atoms with Gasteiger partial charge in [-0.3, -0.25) is 0 Å². The SMILES string of the molecule is CCC(CC)CCl.Cl. The summed E-state index contributed by atoms with van der Waals surface area (Å²) in [5, 5.41) is 0. The van der Waals surface area contributed by atoms with Crippen LogP contribution in [0.25, 0.3) is 0 Å². The van der Waals surface area contributed by atoms with Crippen LogP contribution in [0.15, 0.2) is 0 Å². The van der Waals surface area contributed by atoms with E-state index < -0.39 is 0 Å². The van der Waals surface area contributed by atoms with Crippen molar-refractivity contribution < 1.29 is 0 Å². The lowest BCUT2D eigenvalue weighted by atomic mass is 10.1. The second kappa shape index (κ2) is 7.58. The lowest BCUT2D eigenvalue weighted by molar-refractivity contribution is 0.550. The molecule has 0 aromatic heterocycles. The van der Waals surface area contributed by atoms with Gasteiger partial charge in [-0.2, -0.15) is 0 Å². The molecule has 2 heteroatoms. The lowest BCUT2D eigenvalue weighted by Crippen LogP contribution is -1.96. The van der Waals surface area contributed by atoms with Gasteiger partial charge in [-0.05, 0) is 5.92 Å². The minimum absolute atomic E-state index is 0. The van der Waals surface area contributed by atoms with Gasteiger partial charge in [-0.1, -0.05) is 26.7 Å². The summed E-state index contributed by atoms with van der Waals surface area (Å²) >= 11 is 5.57. The van der Waals surface area contributed by atoms with E-state index in [4.69, 9.17) is 11.6 Å². The maximum Gasteiger partial charge on any atom is 0.0251 e. The molecule has 52 valence electrons.